The van der Waals surface area contributed by atoms with Crippen LogP contribution in [-0.4, -0.2) is 58.0 Å². The Labute approximate surface area is 142 Å². The fraction of sp³-hybridized carbons (Fsp3) is 0.500. The second-order valence-electron chi connectivity index (χ2n) is 6.28. The lowest BCUT2D eigenvalue weighted by atomic mass is 10.1. The summed E-state index contributed by atoms with van der Waals surface area (Å²) >= 11 is 0. The van der Waals surface area contributed by atoms with Gasteiger partial charge in [0, 0.05) is 30.3 Å². The molecule has 2 heterocycles. The standard InChI is InChI=1S/C16H16F2N4O3/c17-16(18)4-9(5-19)22(8-16)14(24)7-21-15(25)10-1-2-20-6-12(10)11-3-13(11)23/h1-2,6,9,11,13,23H,3-4,7-8H2,(H,21,25)/t9-,11?,13?/m0/s1. The van der Waals surface area contributed by atoms with Crippen LogP contribution in [0.5, 0.6) is 0 Å². The average molecular weight is 350 g/mol. The van der Waals surface area contributed by atoms with E-state index in [-0.39, 0.29) is 11.5 Å². The number of hydrogen-bond acceptors (Lipinski definition) is 5. The fourth-order valence-electron chi connectivity index (χ4n) is 2.97. The predicted octanol–water partition coefficient (Wildman–Crippen LogP) is 0.419. The van der Waals surface area contributed by atoms with Gasteiger partial charge in [0.15, 0.2) is 0 Å². The normalized spacial score (nSPS) is 26.8. The Morgan fingerprint density at radius 3 is 2.88 bits per heavy atom. The lowest BCUT2D eigenvalue weighted by molar-refractivity contribution is -0.131. The van der Waals surface area contributed by atoms with E-state index in [0.717, 1.165) is 4.90 Å². The molecule has 3 atom stereocenters. The highest BCUT2D eigenvalue weighted by Crippen LogP contribution is 2.41. The molecule has 7 nitrogen and oxygen atoms in total. The average Bonchev–Trinajstić information content (AvgIpc) is 3.22. The van der Waals surface area contributed by atoms with Gasteiger partial charge >= 0.3 is 0 Å². The fourth-order valence-corrected chi connectivity index (χ4v) is 2.97. The maximum atomic E-state index is 13.4. The van der Waals surface area contributed by atoms with Gasteiger partial charge in [0.1, 0.15) is 6.04 Å². The molecule has 1 aromatic heterocycles. The first-order chi connectivity index (χ1) is 11.8. The number of nitriles is 1. The van der Waals surface area contributed by atoms with Crippen LogP contribution < -0.4 is 5.32 Å². The quantitative estimate of drug-likeness (QED) is 0.819. The number of hydrogen-bond donors (Lipinski definition) is 2. The third-order valence-electron chi connectivity index (χ3n) is 4.39. The Hall–Kier alpha value is -2.60. The summed E-state index contributed by atoms with van der Waals surface area (Å²) in [6.07, 6.45) is 2.24. The number of carbonyl (C=O) groups excluding carboxylic acids is 2. The second-order valence-corrected chi connectivity index (χ2v) is 6.28. The van der Waals surface area contributed by atoms with Crippen LogP contribution in [0, 0.1) is 11.3 Å². The SMILES string of the molecule is N#C[C@@H]1CC(F)(F)CN1C(=O)CNC(=O)c1ccncc1C1CC1O. The maximum absolute atomic E-state index is 13.4. The molecule has 25 heavy (non-hydrogen) atoms. The molecule has 2 amide bonds. The molecule has 1 aliphatic carbocycles. The van der Waals surface area contributed by atoms with Crippen LogP contribution in [0.25, 0.3) is 0 Å². The third kappa shape index (κ3) is 3.58. The molecule has 1 aromatic rings. The van der Waals surface area contributed by atoms with Crippen LogP contribution in [-0.2, 0) is 4.79 Å². The number of pyridine rings is 1. The first-order valence-electron chi connectivity index (χ1n) is 7.79. The van der Waals surface area contributed by atoms with Crippen molar-refractivity contribution >= 4 is 11.8 Å². The van der Waals surface area contributed by atoms with Crippen molar-refractivity contribution < 1.29 is 23.5 Å². The molecule has 3 rings (SSSR count). The minimum atomic E-state index is -3.10. The molecule has 0 aromatic carbocycles. The molecule has 0 bridgehead atoms. The summed E-state index contributed by atoms with van der Waals surface area (Å²) < 4.78 is 26.8. The summed E-state index contributed by atoms with van der Waals surface area (Å²) in [5.74, 6) is -4.55. The summed E-state index contributed by atoms with van der Waals surface area (Å²) in [6.45, 7) is -1.31. The van der Waals surface area contributed by atoms with Crippen molar-refractivity contribution in [1.29, 1.82) is 5.26 Å². The lowest BCUT2D eigenvalue weighted by Crippen LogP contribution is -2.43. The molecular formula is C16H16F2N4O3. The first-order valence-corrected chi connectivity index (χ1v) is 7.79. The van der Waals surface area contributed by atoms with Gasteiger partial charge in [0.2, 0.25) is 5.91 Å². The highest BCUT2D eigenvalue weighted by molar-refractivity contribution is 5.98. The van der Waals surface area contributed by atoms with E-state index >= 15 is 0 Å². The van der Waals surface area contributed by atoms with E-state index in [9.17, 15) is 23.5 Å². The molecule has 132 valence electrons. The van der Waals surface area contributed by atoms with E-state index in [1.165, 1.54) is 18.5 Å². The number of alkyl halides is 2. The zero-order valence-electron chi connectivity index (χ0n) is 13.2. The van der Waals surface area contributed by atoms with Crippen LogP contribution in [0.15, 0.2) is 18.5 Å². The van der Waals surface area contributed by atoms with E-state index in [2.05, 4.69) is 10.3 Å². The molecule has 2 unspecified atom stereocenters. The van der Waals surface area contributed by atoms with Crippen LogP contribution in [0.3, 0.4) is 0 Å². The van der Waals surface area contributed by atoms with E-state index < -0.39 is 49.4 Å². The summed E-state index contributed by atoms with van der Waals surface area (Å²) in [5, 5.41) is 20.8. The van der Waals surface area contributed by atoms with Crippen molar-refractivity contribution in [2.24, 2.45) is 0 Å². The number of amides is 2. The molecule has 2 fully saturated rings. The highest BCUT2D eigenvalue weighted by Gasteiger charge is 2.47. The van der Waals surface area contributed by atoms with Gasteiger partial charge < -0.3 is 15.3 Å². The smallest absolute Gasteiger partial charge is 0.268 e. The number of carbonyl (C=O) groups is 2. The molecule has 1 saturated heterocycles. The van der Waals surface area contributed by atoms with Crippen molar-refractivity contribution in [3.63, 3.8) is 0 Å². The minimum Gasteiger partial charge on any atom is -0.392 e. The largest absolute Gasteiger partial charge is 0.392 e. The van der Waals surface area contributed by atoms with Gasteiger partial charge in [-0.05, 0) is 18.1 Å². The first kappa shape index (κ1) is 17.2. The van der Waals surface area contributed by atoms with Crippen molar-refractivity contribution in [2.45, 2.75) is 36.8 Å². The van der Waals surface area contributed by atoms with E-state index in [1.54, 1.807) is 6.07 Å². The molecular weight excluding hydrogens is 334 g/mol. The predicted molar refractivity (Wildman–Crippen MR) is 80.6 cm³/mol. The number of aliphatic hydroxyl groups is 1. The van der Waals surface area contributed by atoms with Crippen LogP contribution >= 0.6 is 0 Å². The molecule has 2 aliphatic rings. The number of aromatic nitrogens is 1. The maximum Gasteiger partial charge on any atom is 0.268 e. The van der Waals surface area contributed by atoms with Crippen molar-refractivity contribution in [3.05, 3.63) is 29.6 Å². The summed E-state index contributed by atoms with van der Waals surface area (Å²) in [5.41, 5.74) is 0.871. The van der Waals surface area contributed by atoms with E-state index in [4.69, 9.17) is 5.26 Å². The number of rotatable bonds is 4. The van der Waals surface area contributed by atoms with Gasteiger partial charge in [-0.2, -0.15) is 5.26 Å². The van der Waals surface area contributed by atoms with Gasteiger partial charge in [0.25, 0.3) is 11.8 Å². The highest BCUT2D eigenvalue weighted by atomic mass is 19.3. The number of nitrogens with one attached hydrogen (secondary N) is 1. The molecule has 0 spiro atoms. The topological polar surface area (TPSA) is 106 Å². The zero-order valence-corrected chi connectivity index (χ0v) is 13.2. The molecule has 1 aliphatic heterocycles. The zero-order chi connectivity index (χ0) is 18.2. The van der Waals surface area contributed by atoms with E-state index in [1.807, 2.05) is 0 Å². The Bertz CT molecular complexity index is 749. The Balaban J connectivity index is 1.63. The van der Waals surface area contributed by atoms with Gasteiger partial charge in [-0.25, -0.2) is 8.78 Å². The Morgan fingerprint density at radius 2 is 2.24 bits per heavy atom. The van der Waals surface area contributed by atoms with Crippen molar-refractivity contribution in [2.75, 3.05) is 13.1 Å². The molecule has 1 saturated carbocycles. The number of halogens is 2. The summed E-state index contributed by atoms with van der Waals surface area (Å²) in [4.78, 5) is 29.1. The van der Waals surface area contributed by atoms with Gasteiger partial charge in [-0.3, -0.25) is 14.6 Å². The van der Waals surface area contributed by atoms with Crippen LogP contribution in [0.1, 0.15) is 34.7 Å². The summed E-state index contributed by atoms with van der Waals surface area (Å²) in [6, 6.07) is 1.96. The lowest BCUT2D eigenvalue weighted by Gasteiger charge is -2.19. The molecule has 9 heteroatoms. The monoisotopic (exact) mass is 350 g/mol. The van der Waals surface area contributed by atoms with Gasteiger partial charge in [-0.1, -0.05) is 0 Å². The van der Waals surface area contributed by atoms with Crippen molar-refractivity contribution in [3.8, 4) is 6.07 Å². The molecule has 0 radical (unpaired) electrons. The van der Waals surface area contributed by atoms with E-state index in [0.29, 0.717) is 12.0 Å². The number of nitrogens with zero attached hydrogens (tertiary/aromatic N) is 3. The number of aliphatic hydroxyl groups excluding tert-OH is 1. The van der Waals surface area contributed by atoms with Gasteiger partial charge in [0.05, 0.1) is 25.3 Å². The second kappa shape index (κ2) is 6.37. The molecule has 2 N–H and O–H groups in total. The number of likely N-dealkylation sites (tertiary alicyclic amines) is 1. The van der Waals surface area contributed by atoms with Crippen LogP contribution in [0.2, 0.25) is 0 Å². The third-order valence-corrected chi connectivity index (χ3v) is 4.39. The Morgan fingerprint density at radius 1 is 1.52 bits per heavy atom. The van der Waals surface area contributed by atoms with Gasteiger partial charge in [-0.15, -0.1) is 0 Å². The Kier molecular flexibility index (Phi) is 4.39. The van der Waals surface area contributed by atoms with Crippen LogP contribution in [0.4, 0.5) is 8.78 Å². The minimum absolute atomic E-state index is 0.162. The summed E-state index contributed by atoms with van der Waals surface area (Å²) in [7, 11) is 0. The van der Waals surface area contributed by atoms with Crippen molar-refractivity contribution in [1.82, 2.24) is 15.2 Å².